The molecular formula is C44H34S4. The molecule has 10 rings (SSSR count). The van der Waals surface area contributed by atoms with Gasteiger partial charge in [-0.05, 0) is 147 Å². The number of hydrogen-bond donors (Lipinski definition) is 0. The predicted octanol–water partition coefficient (Wildman–Crippen LogP) is 15.4. The van der Waals surface area contributed by atoms with Crippen molar-refractivity contribution in [2.75, 3.05) is 0 Å². The van der Waals surface area contributed by atoms with Crippen LogP contribution in [0.4, 0.5) is 0 Å². The molecule has 0 radical (unpaired) electrons. The largest absolute Gasteiger partial charge is 0.143 e. The molecule has 4 heteroatoms. The Morgan fingerprint density at radius 1 is 0.375 bits per heavy atom. The van der Waals surface area contributed by atoms with Gasteiger partial charge in [0.2, 0.25) is 0 Å². The fourth-order valence-electron chi connectivity index (χ4n) is 7.84. The lowest BCUT2D eigenvalue weighted by Gasteiger charge is -2.26. The van der Waals surface area contributed by atoms with Crippen LogP contribution in [0.3, 0.4) is 0 Å². The van der Waals surface area contributed by atoms with Crippen LogP contribution in [0.2, 0.25) is 0 Å². The van der Waals surface area contributed by atoms with E-state index in [1.807, 2.05) is 45.3 Å². The Bertz CT molecular complexity index is 2680. The first kappa shape index (κ1) is 29.1. The predicted molar refractivity (Wildman–Crippen MR) is 220 cm³/mol. The Morgan fingerprint density at radius 3 is 1.17 bits per heavy atom. The summed E-state index contributed by atoms with van der Waals surface area (Å²) >= 11 is 7.52. The van der Waals surface area contributed by atoms with Crippen LogP contribution in [0.15, 0.2) is 95.7 Å². The van der Waals surface area contributed by atoms with Gasteiger partial charge in [-0.15, -0.1) is 45.3 Å². The third-order valence-corrected chi connectivity index (χ3v) is 14.6. The second-order valence-corrected chi connectivity index (χ2v) is 19.4. The van der Waals surface area contributed by atoms with Gasteiger partial charge < -0.3 is 0 Å². The van der Waals surface area contributed by atoms with E-state index in [1.54, 1.807) is 0 Å². The summed E-state index contributed by atoms with van der Waals surface area (Å²) < 4.78 is 2.72. The van der Waals surface area contributed by atoms with Gasteiger partial charge in [0.25, 0.3) is 0 Å². The highest BCUT2D eigenvalue weighted by Crippen LogP contribution is 2.52. The van der Waals surface area contributed by atoms with E-state index in [9.17, 15) is 0 Å². The monoisotopic (exact) mass is 690 g/mol. The summed E-state index contributed by atoms with van der Waals surface area (Å²) in [5.74, 6) is 0. The van der Waals surface area contributed by atoms with Crippen LogP contribution in [-0.2, 0) is 10.8 Å². The van der Waals surface area contributed by atoms with Gasteiger partial charge in [0.1, 0.15) is 0 Å². The first-order chi connectivity index (χ1) is 23.0. The minimum absolute atomic E-state index is 0.00595. The van der Waals surface area contributed by atoms with Gasteiger partial charge in [0, 0.05) is 39.7 Å². The lowest BCUT2D eigenvalue weighted by Crippen LogP contribution is -2.12. The zero-order valence-corrected chi connectivity index (χ0v) is 31.1. The molecule has 0 fully saturated rings. The van der Waals surface area contributed by atoms with Crippen LogP contribution in [0.25, 0.3) is 93.5 Å². The van der Waals surface area contributed by atoms with Crippen LogP contribution in [0.5, 0.6) is 0 Å². The Balaban J connectivity index is 1.49. The smallest absolute Gasteiger partial charge is 0.0455 e. The summed E-state index contributed by atoms with van der Waals surface area (Å²) in [4.78, 5) is 5.41. The van der Waals surface area contributed by atoms with Gasteiger partial charge in [0.15, 0.2) is 0 Å². The summed E-state index contributed by atoms with van der Waals surface area (Å²) in [6.07, 6.45) is 0. The topological polar surface area (TPSA) is 0 Å². The maximum absolute atomic E-state index is 2.53. The molecule has 0 bridgehead atoms. The molecule has 0 nitrogen and oxygen atoms in total. The van der Waals surface area contributed by atoms with Crippen LogP contribution < -0.4 is 0 Å². The average Bonchev–Trinajstić information content (AvgIpc) is 3.87. The molecule has 0 atom stereocenters. The summed E-state index contributed by atoms with van der Waals surface area (Å²) in [6.45, 7) is 14.2. The van der Waals surface area contributed by atoms with Crippen LogP contribution >= 0.6 is 45.3 Å². The number of fused-ring (bicyclic) bond motifs is 10. The van der Waals surface area contributed by atoms with Crippen molar-refractivity contribution >= 4 is 119 Å². The van der Waals surface area contributed by atoms with Crippen molar-refractivity contribution in [3.8, 4) is 19.5 Å². The molecule has 0 aliphatic carbocycles. The normalized spacial score (nSPS) is 13.2. The molecule has 0 saturated heterocycles. The van der Waals surface area contributed by atoms with Crippen molar-refractivity contribution in [3.05, 3.63) is 107 Å². The van der Waals surface area contributed by atoms with E-state index in [0.717, 1.165) is 0 Å². The minimum Gasteiger partial charge on any atom is -0.143 e. The van der Waals surface area contributed by atoms with Crippen molar-refractivity contribution in [1.82, 2.24) is 0 Å². The molecule has 0 spiro atoms. The zero-order valence-electron chi connectivity index (χ0n) is 27.9. The molecule has 0 amide bonds. The first-order valence-electron chi connectivity index (χ1n) is 16.6. The van der Waals surface area contributed by atoms with E-state index in [-0.39, 0.29) is 10.8 Å². The average molecular weight is 691 g/mol. The molecular weight excluding hydrogens is 657 g/mol. The summed E-state index contributed by atoms with van der Waals surface area (Å²) in [5.41, 5.74) is 2.79. The minimum atomic E-state index is 0.00595. The van der Waals surface area contributed by atoms with Gasteiger partial charge in [-0.2, -0.15) is 0 Å². The van der Waals surface area contributed by atoms with Crippen LogP contribution in [0, 0.1) is 0 Å². The Morgan fingerprint density at radius 2 is 0.792 bits per heavy atom. The number of hydrogen-bond acceptors (Lipinski definition) is 4. The quantitative estimate of drug-likeness (QED) is 0.125. The standard InChI is InChI=1S/C44H34S4/c1-43(2,3)23-17-27-25-11-13-34-30(22-38(48-34)36-10-8-16-46-36)40(25)32-20-24(44(4,5)6)18-28-26-12-14-33-29(21-37(47-33)35-9-7-15-45-35)39(26)31(19-23)41(27)42(28)32/h7-22H,1-6H3. The van der Waals surface area contributed by atoms with Gasteiger partial charge in [-0.3, -0.25) is 0 Å². The van der Waals surface area contributed by atoms with E-state index in [1.165, 1.54) is 105 Å². The van der Waals surface area contributed by atoms with E-state index < -0.39 is 0 Å². The SMILES string of the molecule is CC(C)(C)c1cc2c3ccc4sc(-c5cccs5)cc4c3c3cc(C(C)(C)C)cc4c5ccc6sc(-c7cccs7)cc6c5c(c1)c2c43. The third-order valence-electron chi connectivity index (χ3n) is 10.3. The van der Waals surface area contributed by atoms with Gasteiger partial charge >= 0.3 is 0 Å². The molecule has 6 aromatic carbocycles. The molecule has 234 valence electrons. The Kier molecular flexibility index (Phi) is 6.00. The fraction of sp³-hybridized carbons (Fsp3) is 0.182. The fourth-order valence-corrected chi connectivity index (χ4v) is 11.6. The lowest BCUT2D eigenvalue weighted by atomic mass is 9.77. The Hall–Kier alpha value is -3.80. The first-order valence-corrected chi connectivity index (χ1v) is 20.0. The van der Waals surface area contributed by atoms with E-state index in [2.05, 4.69) is 137 Å². The van der Waals surface area contributed by atoms with Crippen molar-refractivity contribution in [2.24, 2.45) is 0 Å². The summed E-state index contributed by atoms with van der Waals surface area (Å²) in [5, 5.41) is 21.0. The van der Waals surface area contributed by atoms with Crippen molar-refractivity contribution < 1.29 is 0 Å². The molecule has 10 aromatic rings. The third kappa shape index (κ3) is 4.10. The molecule has 4 heterocycles. The number of benzene rings is 6. The summed E-state index contributed by atoms with van der Waals surface area (Å²) in [6, 6.07) is 33.5. The van der Waals surface area contributed by atoms with E-state index in [4.69, 9.17) is 0 Å². The summed E-state index contributed by atoms with van der Waals surface area (Å²) in [7, 11) is 0. The van der Waals surface area contributed by atoms with E-state index in [0.29, 0.717) is 0 Å². The molecule has 0 unspecified atom stereocenters. The van der Waals surface area contributed by atoms with Gasteiger partial charge in [-0.1, -0.05) is 65.8 Å². The van der Waals surface area contributed by atoms with Gasteiger partial charge in [0.05, 0.1) is 0 Å². The van der Waals surface area contributed by atoms with Crippen molar-refractivity contribution in [1.29, 1.82) is 0 Å². The maximum Gasteiger partial charge on any atom is 0.0455 e. The van der Waals surface area contributed by atoms with Gasteiger partial charge in [-0.25, -0.2) is 0 Å². The molecule has 4 aromatic heterocycles. The van der Waals surface area contributed by atoms with Crippen molar-refractivity contribution in [3.63, 3.8) is 0 Å². The molecule has 0 saturated carbocycles. The highest BCUT2D eigenvalue weighted by Gasteiger charge is 2.26. The lowest BCUT2D eigenvalue weighted by molar-refractivity contribution is 0.591. The molecule has 0 aliphatic rings. The van der Waals surface area contributed by atoms with Crippen molar-refractivity contribution in [2.45, 2.75) is 52.4 Å². The second-order valence-electron chi connectivity index (χ2n) is 15.4. The molecule has 0 aliphatic heterocycles. The van der Waals surface area contributed by atoms with E-state index >= 15 is 0 Å². The number of rotatable bonds is 2. The number of thiophene rings is 4. The highest BCUT2D eigenvalue weighted by molar-refractivity contribution is 7.26. The highest BCUT2D eigenvalue weighted by atomic mass is 32.1. The molecule has 48 heavy (non-hydrogen) atoms. The second kappa shape index (κ2) is 9.89. The Labute approximate surface area is 296 Å². The zero-order chi connectivity index (χ0) is 32.7. The maximum atomic E-state index is 2.53. The van der Waals surface area contributed by atoms with Crippen LogP contribution in [0.1, 0.15) is 52.7 Å². The molecule has 0 N–H and O–H groups in total. The van der Waals surface area contributed by atoms with Crippen LogP contribution in [-0.4, -0.2) is 0 Å².